The van der Waals surface area contributed by atoms with Gasteiger partial charge in [0.15, 0.2) is 0 Å². The van der Waals surface area contributed by atoms with Crippen LogP contribution in [0.5, 0.6) is 0 Å². The van der Waals surface area contributed by atoms with Gasteiger partial charge in [0, 0.05) is 12.1 Å². The van der Waals surface area contributed by atoms with Crippen molar-refractivity contribution in [3.63, 3.8) is 0 Å². The molecule has 0 spiro atoms. The van der Waals surface area contributed by atoms with Crippen LogP contribution in [-0.4, -0.2) is 18.9 Å². The Labute approximate surface area is 99.5 Å². The number of benzene rings is 1. The summed E-state index contributed by atoms with van der Waals surface area (Å²) in [7, 11) is -3.88. The molecule has 1 aromatic carbocycles. The first kappa shape index (κ1) is 13.6. The summed E-state index contributed by atoms with van der Waals surface area (Å²) in [6.45, 7) is 4.82. The van der Waals surface area contributed by atoms with Crippen molar-refractivity contribution in [2.24, 2.45) is 0 Å². The molecule has 6 nitrogen and oxygen atoms in total. The normalized spacial score (nSPS) is 12.4. The molecule has 0 aliphatic carbocycles. The summed E-state index contributed by atoms with van der Waals surface area (Å²) in [6, 6.07) is 4.55. The third-order valence-corrected chi connectivity index (χ3v) is 3.26. The first-order chi connectivity index (χ1) is 7.62. The van der Waals surface area contributed by atoms with Gasteiger partial charge in [-0.1, -0.05) is 0 Å². The lowest BCUT2D eigenvalue weighted by Gasteiger charge is -2.18. The highest BCUT2D eigenvalue weighted by Gasteiger charge is 2.24. The van der Waals surface area contributed by atoms with Crippen LogP contribution in [0.25, 0.3) is 0 Å². The molecule has 0 heterocycles. The molecular formula is C10H13NO5S. The molecule has 0 radical (unpaired) electrons. The third kappa shape index (κ3) is 3.79. The van der Waals surface area contributed by atoms with Gasteiger partial charge in [0.05, 0.1) is 15.4 Å². The fourth-order valence-corrected chi connectivity index (χ4v) is 2.34. The van der Waals surface area contributed by atoms with Gasteiger partial charge in [-0.05, 0) is 32.9 Å². The van der Waals surface area contributed by atoms with E-state index in [0.29, 0.717) is 0 Å². The van der Waals surface area contributed by atoms with Crippen molar-refractivity contribution >= 4 is 15.8 Å². The van der Waals surface area contributed by atoms with Crippen molar-refractivity contribution in [3.05, 3.63) is 34.4 Å². The van der Waals surface area contributed by atoms with Crippen LogP contribution in [0.3, 0.4) is 0 Å². The summed E-state index contributed by atoms with van der Waals surface area (Å²) in [4.78, 5) is 9.72. The number of nitro benzene ring substituents is 1. The quantitative estimate of drug-likeness (QED) is 0.471. The highest BCUT2D eigenvalue weighted by atomic mass is 32.2. The fraction of sp³-hybridized carbons (Fsp3) is 0.400. The molecule has 1 rings (SSSR count). The first-order valence-corrected chi connectivity index (χ1v) is 6.23. The summed E-state index contributed by atoms with van der Waals surface area (Å²) < 4.78 is 28.4. The number of nitro groups is 1. The van der Waals surface area contributed by atoms with Crippen LogP contribution >= 0.6 is 0 Å². The predicted molar refractivity (Wildman–Crippen MR) is 61.1 cm³/mol. The van der Waals surface area contributed by atoms with E-state index in [9.17, 15) is 18.5 Å². The second-order valence-corrected chi connectivity index (χ2v) is 5.95. The van der Waals surface area contributed by atoms with Gasteiger partial charge in [-0.2, -0.15) is 8.42 Å². The largest absolute Gasteiger partial charge is 0.297 e. The maximum atomic E-state index is 11.7. The highest BCUT2D eigenvalue weighted by Crippen LogP contribution is 2.21. The lowest BCUT2D eigenvalue weighted by atomic mass is 10.2. The minimum atomic E-state index is -3.88. The number of rotatable bonds is 3. The molecule has 94 valence electrons. The zero-order valence-corrected chi connectivity index (χ0v) is 10.5. The zero-order valence-electron chi connectivity index (χ0n) is 9.71. The average Bonchev–Trinajstić information content (AvgIpc) is 2.14. The van der Waals surface area contributed by atoms with Crippen LogP contribution in [0.1, 0.15) is 20.8 Å². The molecule has 0 atom stereocenters. The second-order valence-electron chi connectivity index (χ2n) is 4.40. The summed E-state index contributed by atoms with van der Waals surface area (Å²) in [6.07, 6.45) is 0. The molecule has 0 amide bonds. The lowest BCUT2D eigenvalue weighted by Crippen LogP contribution is -2.24. The Morgan fingerprint density at radius 3 is 2.00 bits per heavy atom. The molecule has 0 aliphatic rings. The number of non-ortho nitro benzene ring substituents is 1. The number of hydrogen-bond donors (Lipinski definition) is 0. The van der Waals surface area contributed by atoms with Gasteiger partial charge < -0.3 is 0 Å². The molecule has 17 heavy (non-hydrogen) atoms. The van der Waals surface area contributed by atoms with Crippen molar-refractivity contribution in [3.8, 4) is 0 Å². The van der Waals surface area contributed by atoms with Crippen molar-refractivity contribution in [2.75, 3.05) is 0 Å². The number of nitrogens with zero attached hydrogens (tertiary/aromatic N) is 1. The topological polar surface area (TPSA) is 86.5 Å². The van der Waals surface area contributed by atoms with Crippen LogP contribution < -0.4 is 0 Å². The summed E-state index contributed by atoms with van der Waals surface area (Å²) >= 11 is 0. The number of hydrogen-bond acceptors (Lipinski definition) is 5. The maximum Gasteiger partial charge on any atom is 0.297 e. The zero-order chi connectivity index (χ0) is 13.3. The Morgan fingerprint density at radius 1 is 1.18 bits per heavy atom. The van der Waals surface area contributed by atoms with Crippen LogP contribution in [0, 0.1) is 10.1 Å². The van der Waals surface area contributed by atoms with Gasteiger partial charge in [-0.15, -0.1) is 0 Å². The first-order valence-electron chi connectivity index (χ1n) is 4.82. The molecule has 0 saturated heterocycles. The van der Waals surface area contributed by atoms with Gasteiger partial charge in [-0.3, -0.25) is 14.3 Å². The molecule has 0 fully saturated rings. The van der Waals surface area contributed by atoms with Gasteiger partial charge >= 0.3 is 0 Å². The molecular weight excluding hydrogens is 246 g/mol. The van der Waals surface area contributed by atoms with Crippen LogP contribution in [-0.2, 0) is 14.3 Å². The highest BCUT2D eigenvalue weighted by molar-refractivity contribution is 7.86. The van der Waals surface area contributed by atoms with Gasteiger partial charge in [-0.25, -0.2) is 0 Å². The minimum Gasteiger partial charge on any atom is -0.261 e. The SMILES string of the molecule is CC(C)(C)OS(=O)(=O)c1ccc([N+](=O)[O-])cc1. The summed E-state index contributed by atoms with van der Waals surface area (Å²) in [5.41, 5.74) is -1.01. The smallest absolute Gasteiger partial charge is 0.261 e. The van der Waals surface area contributed by atoms with Crippen LogP contribution in [0.2, 0.25) is 0 Å². The van der Waals surface area contributed by atoms with E-state index in [1.165, 1.54) is 0 Å². The third-order valence-electron chi connectivity index (χ3n) is 1.70. The molecule has 1 aromatic rings. The van der Waals surface area contributed by atoms with E-state index < -0.39 is 20.6 Å². The maximum absolute atomic E-state index is 11.7. The van der Waals surface area contributed by atoms with E-state index in [0.717, 1.165) is 24.3 Å². The molecule has 0 bridgehead atoms. The Hall–Kier alpha value is -1.47. The minimum absolute atomic E-state index is 0.0991. The van der Waals surface area contributed by atoms with Crippen molar-refractivity contribution in [2.45, 2.75) is 31.3 Å². The van der Waals surface area contributed by atoms with Crippen molar-refractivity contribution < 1.29 is 17.5 Å². The standard InChI is InChI=1S/C10H13NO5S/c1-10(2,3)16-17(14,15)9-6-4-8(5-7-9)11(12)13/h4-7H,1-3H3. The van der Waals surface area contributed by atoms with E-state index in [1.807, 2.05) is 0 Å². The Kier molecular flexibility index (Phi) is 3.53. The van der Waals surface area contributed by atoms with E-state index in [-0.39, 0.29) is 10.6 Å². The van der Waals surface area contributed by atoms with E-state index >= 15 is 0 Å². The van der Waals surface area contributed by atoms with Crippen molar-refractivity contribution in [1.82, 2.24) is 0 Å². The van der Waals surface area contributed by atoms with E-state index in [4.69, 9.17) is 4.18 Å². The molecule has 0 N–H and O–H groups in total. The molecule has 7 heteroatoms. The summed E-state index contributed by atoms with van der Waals surface area (Å²) in [5.74, 6) is 0. The lowest BCUT2D eigenvalue weighted by molar-refractivity contribution is -0.384. The molecule has 0 aromatic heterocycles. The Morgan fingerprint density at radius 2 is 1.65 bits per heavy atom. The summed E-state index contributed by atoms with van der Waals surface area (Å²) in [5, 5.41) is 10.4. The Bertz CT molecular complexity index is 513. The Balaban J connectivity index is 3.05. The van der Waals surface area contributed by atoms with Gasteiger partial charge in [0.25, 0.3) is 15.8 Å². The predicted octanol–water partition coefficient (Wildman–Crippen LogP) is 2.10. The molecule has 0 unspecified atom stereocenters. The monoisotopic (exact) mass is 259 g/mol. The van der Waals surface area contributed by atoms with Crippen molar-refractivity contribution in [1.29, 1.82) is 0 Å². The molecule has 0 aliphatic heterocycles. The molecule has 0 saturated carbocycles. The van der Waals surface area contributed by atoms with Gasteiger partial charge in [0.2, 0.25) is 0 Å². The van der Waals surface area contributed by atoms with E-state index in [2.05, 4.69) is 0 Å². The van der Waals surface area contributed by atoms with E-state index in [1.54, 1.807) is 20.8 Å². The fourth-order valence-electron chi connectivity index (χ4n) is 1.11. The average molecular weight is 259 g/mol. The van der Waals surface area contributed by atoms with Crippen LogP contribution in [0.4, 0.5) is 5.69 Å². The second kappa shape index (κ2) is 4.42. The van der Waals surface area contributed by atoms with Gasteiger partial charge in [0.1, 0.15) is 0 Å². The van der Waals surface area contributed by atoms with Crippen LogP contribution in [0.15, 0.2) is 29.2 Å².